The molecule has 0 saturated heterocycles. The summed E-state index contributed by atoms with van der Waals surface area (Å²) in [6, 6.07) is 55.6. The quantitative estimate of drug-likeness (QED) is 0.180. The van der Waals surface area contributed by atoms with Gasteiger partial charge in [0.2, 0.25) is 5.69 Å². The molecule has 7 aromatic carbocycles. The van der Waals surface area contributed by atoms with E-state index in [0.29, 0.717) is 5.69 Å². The van der Waals surface area contributed by atoms with Gasteiger partial charge in [0.1, 0.15) is 0 Å². The molecule has 0 unspecified atom stereocenters. The van der Waals surface area contributed by atoms with Gasteiger partial charge in [-0.05, 0) is 53.9 Å². The molecule has 0 aliphatic rings. The molecule has 3 heterocycles. The number of para-hydroxylation sites is 6. The van der Waals surface area contributed by atoms with Crippen LogP contribution in [0, 0.1) is 6.57 Å². The fraction of sp³-hybridized carbons (Fsp3) is 0. The molecule has 0 radical (unpaired) electrons. The van der Waals surface area contributed by atoms with Crippen molar-refractivity contribution in [2.45, 2.75) is 0 Å². The molecule has 0 saturated carbocycles. The van der Waals surface area contributed by atoms with Crippen LogP contribution in [0.25, 0.3) is 87.3 Å². The van der Waals surface area contributed by atoms with Crippen molar-refractivity contribution in [2.75, 3.05) is 0 Å². The van der Waals surface area contributed by atoms with Gasteiger partial charge in [0.05, 0.1) is 51.0 Å². The van der Waals surface area contributed by atoms with Crippen LogP contribution in [0.1, 0.15) is 0 Å². The molecule has 0 spiro atoms. The van der Waals surface area contributed by atoms with Crippen molar-refractivity contribution in [3.63, 3.8) is 0 Å². The molecular weight excluding hydrogens is 573 g/mol. The Morgan fingerprint density at radius 3 is 1.23 bits per heavy atom. The molecule has 10 rings (SSSR count). The largest absolute Gasteiger partial charge is 0.319 e. The van der Waals surface area contributed by atoms with Gasteiger partial charge in [-0.2, -0.15) is 0 Å². The van der Waals surface area contributed by atoms with Gasteiger partial charge in [0.25, 0.3) is 0 Å². The topological polar surface area (TPSA) is 19.1 Å². The number of nitrogens with zero attached hydrogens (tertiary/aromatic N) is 4. The van der Waals surface area contributed by atoms with Gasteiger partial charge >= 0.3 is 0 Å². The zero-order valence-corrected chi connectivity index (χ0v) is 25.3. The molecule has 0 bridgehead atoms. The van der Waals surface area contributed by atoms with E-state index < -0.39 is 0 Å². The van der Waals surface area contributed by atoms with Crippen molar-refractivity contribution in [1.29, 1.82) is 0 Å². The predicted octanol–water partition coefficient (Wildman–Crippen LogP) is 11.5. The Morgan fingerprint density at radius 1 is 0.383 bits per heavy atom. The van der Waals surface area contributed by atoms with Gasteiger partial charge in [-0.1, -0.05) is 109 Å². The summed E-state index contributed by atoms with van der Waals surface area (Å²) in [7, 11) is 0. The van der Waals surface area contributed by atoms with Crippen LogP contribution in [-0.2, 0) is 0 Å². The minimum atomic E-state index is 0.617. The zero-order valence-electron chi connectivity index (χ0n) is 25.3. The molecule has 0 fully saturated rings. The van der Waals surface area contributed by atoms with Crippen LogP contribution >= 0.6 is 0 Å². The molecule has 0 aliphatic carbocycles. The zero-order chi connectivity index (χ0) is 31.1. The Labute approximate surface area is 270 Å². The van der Waals surface area contributed by atoms with E-state index in [2.05, 4.69) is 170 Å². The minimum absolute atomic E-state index is 0.617. The van der Waals surface area contributed by atoms with Gasteiger partial charge in [-0.25, -0.2) is 4.85 Å². The predicted molar refractivity (Wildman–Crippen MR) is 196 cm³/mol. The molecule has 0 atom stereocenters. The summed E-state index contributed by atoms with van der Waals surface area (Å²) in [5, 5.41) is 6.87. The van der Waals surface area contributed by atoms with Crippen LogP contribution in [-0.4, -0.2) is 13.7 Å². The van der Waals surface area contributed by atoms with Gasteiger partial charge in [0, 0.05) is 32.6 Å². The van der Waals surface area contributed by atoms with Crippen LogP contribution < -0.4 is 0 Å². The Bertz CT molecular complexity index is 2810. The average molecular weight is 599 g/mol. The van der Waals surface area contributed by atoms with Crippen LogP contribution in [0.5, 0.6) is 0 Å². The van der Waals surface area contributed by atoms with Crippen LogP contribution in [0.4, 0.5) is 5.69 Å². The lowest BCUT2D eigenvalue weighted by atomic mass is 10.1. The van der Waals surface area contributed by atoms with E-state index >= 15 is 0 Å². The number of benzene rings is 7. The fourth-order valence-corrected chi connectivity index (χ4v) is 7.77. The first-order valence-electron chi connectivity index (χ1n) is 15.8. The number of hydrogen-bond acceptors (Lipinski definition) is 0. The molecule has 4 heteroatoms. The lowest BCUT2D eigenvalue weighted by molar-refractivity contribution is 1.10. The maximum Gasteiger partial charge on any atom is 0.236 e. The summed E-state index contributed by atoms with van der Waals surface area (Å²) in [6.07, 6.45) is 0. The molecule has 4 nitrogen and oxygen atoms in total. The van der Waals surface area contributed by atoms with E-state index in [1.54, 1.807) is 0 Å². The third-order valence-electron chi connectivity index (χ3n) is 9.64. The van der Waals surface area contributed by atoms with Crippen molar-refractivity contribution in [1.82, 2.24) is 13.7 Å². The first-order chi connectivity index (χ1) is 23.3. The Hall–Kier alpha value is -6.57. The second kappa shape index (κ2) is 9.71. The molecule has 218 valence electrons. The number of aromatic nitrogens is 3. The molecule has 3 aromatic heterocycles. The standard InChI is InChI=1S/C43H26N4/c1-44-41-42-34(33-21-9-10-22-35(33)45(42)28-15-3-2-4-16-28)27-40(46-36-23-11-5-17-29(36)30-18-6-12-24-37(30)46)43(41)47-38-25-13-7-19-31(38)32-20-8-14-26-39(32)47/h2-27H. The first kappa shape index (κ1) is 25.7. The number of fused-ring (bicyclic) bond motifs is 9. The summed E-state index contributed by atoms with van der Waals surface area (Å²) >= 11 is 0. The maximum absolute atomic E-state index is 8.95. The number of hydrogen-bond donors (Lipinski definition) is 0. The van der Waals surface area contributed by atoms with E-state index in [9.17, 15) is 0 Å². The normalized spacial score (nSPS) is 11.8. The van der Waals surface area contributed by atoms with Crippen LogP contribution in [0.3, 0.4) is 0 Å². The lowest BCUT2D eigenvalue weighted by Crippen LogP contribution is -2.05. The summed E-state index contributed by atoms with van der Waals surface area (Å²) in [5.74, 6) is 0. The molecule has 0 N–H and O–H groups in total. The van der Waals surface area contributed by atoms with Gasteiger partial charge in [-0.15, -0.1) is 0 Å². The highest BCUT2D eigenvalue weighted by Gasteiger charge is 2.27. The highest BCUT2D eigenvalue weighted by Crippen LogP contribution is 2.48. The highest BCUT2D eigenvalue weighted by atomic mass is 15.1. The van der Waals surface area contributed by atoms with Gasteiger partial charge in [-0.3, -0.25) is 0 Å². The fourth-order valence-electron chi connectivity index (χ4n) is 7.77. The highest BCUT2D eigenvalue weighted by molar-refractivity contribution is 6.19. The Balaban J connectivity index is 1.51. The van der Waals surface area contributed by atoms with Crippen molar-refractivity contribution in [3.8, 4) is 17.1 Å². The molecule has 47 heavy (non-hydrogen) atoms. The van der Waals surface area contributed by atoms with Crippen molar-refractivity contribution in [2.24, 2.45) is 0 Å². The molecule has 0 aliphatic heterocycles. The SMILES string of the molecule is [C-]#[N+]c1c(-n2c3ccccc3c3ccccc32)c(-n2c3ccccc3c3ccccc32)cc2c3ccccc3n(-c3ccccc3)c12. The monoisotopic (exact) mass is 598 g/mol. The summed E-state index contributed by atoms with van der Waals surface area (Å²) in [4.78, 5) is 4.48. The summed E-state index contributed by atoms with van der Waals surface area (Å²) in [5.41, 5.74) is 9.84. The molecule has 10 aromatic rings. The Kier molecular flexibility index (Phi) is 5.32. The van der Waals surface area contributed by atoms with E-state index in [1.165, 1.54) is 10.8 Å². The lowest BCUT2D eigenvalue weighted by Gasteiger charge is -2.20. The van der Waals surface area contributed by atoms with Crippen LogP contribution in [0.2, 0.25) is 0 Å². The maximum atomic E-state index is 8.95. The van der Waals surface area contributed by atoms with E-state index in [4.69, 9.17) is 6.57 Å². The molecular formula is C43H26N4. The average Bonchev–Trinajstić information content (AvgIpc) is 3.77. The molecule has 0 amide bonds. The van der Waals surface area contributed by atoms with E-state index in [0.717, 1.165) is 71.7 Å². The summed E-state index contributed by atoms with van der Waals surface area (Å²) in [6.45, 7) is 8.95. The Morgan fingerprint density at radius 2 is 0.766 bits per heavy atom. The van der Waals surface area contributed by atoms with Crippen molar-refractivity contribution in [3.05, 3.63) is 169 Å². The smallest absolute Gasteiger partial charge is 0.236 e. The number of rotatable bonds is 3. The first-order valence-corrected chi connectivity index (χ1v) is 15.8. The second-order valence-corrected chi connectivity index (χ2v) is 12.0. The van der Waals surface area contributed by atoms with E-state index in [1.807, 2.05) is 6.07 Å². The summed E-state index contributed by atoms with van der Waals surface area (Å²) < 4.78 is 6.96. The third-order valence-corrected chi connectivity index (χ3v) is 9.64. The minimum Gasteiger partial charge on any atom is -0.319 e. The van der Waals surface area contributed by atoms with Gasteiger partial charge in [0.15, 0.2) is 0 Å². The van der Waals surface area contributed by atoms with Crippen molar-refractivity contribution < 1.29 is 0 Å². The van der Waals surface area contributed by atoms with E-state index in [-0.39, 0.29) is 0 Å². The van der Waals surface area contributed by atoms with Crippen molar-refractivity contribution >= 4 is 71.1 Å². The third kappa shape index (κ3) is 3.46. The van der Waals surface area contributed by atoms with Crippen LogP contribution in [0.15, 0.2) is 158 Å². The van der Waals surface area contributed by atoms with Gasteiger partial charge < -0.3 is 13.7 Å². The second-order valence-electron chi connectivity index (χ2n) is 12.0.